The molecule has 8 heteroatoms. The number of hydrogen-bond acceptors (Lipinski definition) is 4. The summed E-state index contributed by atoms with van der Waals surface area (Å²) in [6, 6.07) is 85.0. The highest BCUT2D eigenvalue weighted by Crippen LogP contribution is 2.46. The molecule has 0 bridgehead atoms. The molecule has 8 heterocycles. The molecule has 0 saturated heterocycles. The standard InChI is InChI=1S/C29H28NO.C28H26NO.C27H26NO.C25H22NO/c1-19-12-15-25-24-16-13-21-10-6-7-11-23(21)28(24)31-29(25)27(19)26-17-14-22(18-30(26)2)20-8-4-3-5-9-20;1-18-11-14-24-23-15-12-20-9-5-6-10-22(20)27(23)30-28(24)26(18)25-16-13-21(17-29(25)2)19-7-3-4-8-19;1-17-10-13-22-21-14-11-18-8-6-7-9-20(18)25(21)29-26(22)24(17)23-15-12-19(16-28(23)5)27(2,3)4;1-15-9-11-21-20-12-10-18-7-5-6-8-19(18)24(20)27-25(21)23(15)22-13-16(2)17(3)14-26(22)4/h6-7,10-18,20H,3-5,8-9H2,1-2H3;5-6,9-17,19H,3-4,7-8H2,1-2H3;6-16H,1-5H3;5-14H,1-4H3/q4*+1. The number of hydrogen-bond donors (Lipinski definition) is 0. The van der Waals surface area contributed by atoms with Crippen LogP contribution in [0.25, 0.3) is 176 Å². The Balaban J connectivity index is 0.000000104. The summed E-state index contributed by atoms with van der Waals surface area (Å²) in [5.41, 5.74) is 29.3. The second-order valence-corrected chi connectivity index (χ2v) is 34.6. The van der Waals surface area contributed by atoms with E-state index in [1.165, 1.54) is 234 Å². The Hall–Kier alpha value is -12.5. The van der Waals surface area contributed by atoms with Crippen molar-refractivity contribution in [1.82, 2.24) is 0 Å². The van der Waals surface area contributed by atoms with Crippen LogP contribution in [0.1, 0.15) is 140 Å². The molecule has 0 spiro atoms. The van der Waals surface area contributed by atoms with Gasteiger partial charge < -0.3 is 17.7 Å². The third-order valence-corrected chi connectivity index (χ3v) is 25.9. The second kappa shape index (κ2) is 30.0. The lowest BCUT2D eigenvalue weighted by Gasteiger charge is -2.21. The van der Waals surface area contributed by atoms with Gasteiger partial charge in [0.05, 0.1) is 22.3 Å². The number of nitrogens with zero attached hydrogens (tertiary/aromatic N) is 4. The Morgan fingerprint density at radius 2 is 0.530 bits per heavy atom. The molecular formula is C109H102N4O4+4. The van der Waals surface area contributed by atoms with E-state index < -0.39 is 0 Å². The minimum absolute atomic E-state index is 0.121. The summed E-state index contributed by atoms with van der Waals surface area (Å²) in [5.74, 6) is 1.43. The maximum absolute atomic E-state index is 6.62. The first kappa shape index (κ1) is 74.6. The summed E-state index contributed by atoms with van der Waals surface area (Å²) >= 11 is 0. The number of aromatic nitrogens is 4. The summed E-state index contributed by atoms with van der Waals surface area (Å²) < 4.78 is 35.4. The van der Waals surface area contributed by atoms with Crippen molar-refractivity contribution in [3.8, 4) is 45.0 Å². The van der Waals surface area contributed by atoms with Crippen molar-refractivity contribution in [2.45, 2.75) is 137 Å². The maximum atomic E-state index is 6.62. The van der Waals surface area contributed by atoms with Gasteiger partial charge in [-0.25, -0.2) is 18.3 Å². The summed E-state index contributed by atoms with van der Waals surface area (Å²) in [7, 11) is 8.58. The molecule has 578 valence electrons. The van der Waals surface area contributed by atoms with Gasteiger partial charge in [0.1, 0.15) is 72.9 Å². The van der Waals surface area contributed by atoms with Gasteiger partial charge in [0.2, 0.25) is 22.8 Å². The van der Waals surface area contributed by atoms with Crippen LogP contribution < -0.4 is 18.3 Å². The Morgan fingerprint density at radius 3 is 0.855 bits per heavy atom. The van der Waals surface area contributed by atoms with Crippen molar-refractivity contribution >= 4 is 131 Å². The quantitative estimate of drug-likeness (QED) is 0.156. The first-order valence-electron chi connectivity index (χ1n) is 42.1. The SMILES string of the molecule is Cc1cc(-c2c(C)ccc3c2oc2c4ccccc4ccc32)[n+](C)cc1C.Cc1ccc2c(oc3c4ccccc4ccc23)c1-c1ccc(C(C)(C)C)c[n+]1C.Cc1ccc2c(oc3c4ccccc4ccc23)c1-c1ccc(C2CCCC2)c[n+]1C.Cc1ccc2c(oc3c4ccccc4ccc23)c1-c1ccc(C2CCCCC2)c[n+]1C. The Kier molecular flexibility index (Phi) is 19.1. The minimum atomic E-state index is 0.121. The molecule has 2 saturated carbocycles. The maximum Gasteiger partial charge on any atom is 0.216 e. The number of fused-ring (bicyclic) bond motifs is 20. The molecule has 0 amide bonds. The zero-order valence-corrected chi connectivity index (χ0v) is 69.8. The molecule has 2 fully saturated rings. The van der Waals surface area contributed by atoms with Crippen LogP contribution in [0.5, 0.6) is 0 Å². The predicted octanol–water partition coefficient (Wildman–Crippen LogP) is 27.8. The molecule has 0 aliphatic heterocycles. The van der Waals surface area contributed by atoms with E-state index in [0.29, 0.717) is 5.92 Å². The average molecular weight is 1530 g/mol. The molecule has 0 N–H and O–H groups in total. The van der Waals surface area contributed by atoms with Crippen LogP contribution in [-0.4, -0.2) is 0 Å². The van der Waals surface area contributed by atoms with Crippen LogP contribution in [0.4, 0.5) is 0 Å². The minimum Gasteiger partial charge on any atom is -0.454 e. The van der Waals surface area contributed by atoms with Gasteiger partial charge in [0, 0.05) is 111 Å². The van der Waals surface area contributed by atoms with Crippen molar-refractivity contribution in [2.24, 2.45) is 28.2 Å². The summed E-state index contributed by atoms with van der Waals surface area (Å²) in [6.45, 7) is 19.8. The Labute approximate surface area is 684 Å². The average Bonchev–Trinajstić information content (AvgIpc) is 1.60. The number of pyridine rings is 4. The van der Waals surface area contributed by atoms with Crippen LogP contribution in [0.2, 0.25) is 0 Å². The molecule has 8 aromatic heterocycles. The van der Waals surface area contributed by atoms with Crippen molar-refractivity contribution in [1.29, 1.82) is 0 Å². The van der Waals surface area contributed by atoms with E-state index in [1.54, 1.807) is 0 Å². The lowest BCUT2D eigenvalue weighted by molar-refractivity contribution is -0.661. The van der Waals surface area contributed by atoms with Gasteiger partial charge >= 0.3 is 0 Å². The first-order valence-corrected chi connectivity index (χ1v) is 42.1. The fraction of sp³-hybridized carbons (Fsp3) is 0.229. The third-order valence-electron chi connectivity index (χ3n) is 25.9. The lowest BCUT2D eigenvalue weighted by atomic mass is 9.84. The molecule has 0 radical (unpaired) electrons. The Morgan fingerprint density at radius 1 is 0.248 bits per heavy atom. The fourth-order valence-electron chi connectivity index (χ4n) is 19.3. The highest BCUT2D eigenvalue weighted by Gasteiger charge is 2.30. The van der Waals surface area contributed by atoms with Crippen LogP contribution in [0.3, 0.4) is 0 Å². The van der Waals surface area contributed by atoms with E-state index in [4.69, 9.17) is 17.7 Å². The zero-order valence-electron chi connectivity index (χ0n) is 69.8. The third kappa shape index (κ3) is 13.3. The highest BCUT2D eigenvalue weighted by molar-refractivity contribution is 6.21. The number of rotatable bonds is 6. The van der Waals surface area contributed by atoms with E-state index in [0.717, 1.165) is 56.0 Å². The van der Waals surface area contributed by atoms with Crippen LogP contribution in [0.15, 0.2) is 279 Å². The smallest absolute Gasteiger partial charge is 0.216 e. The molecule has 2 aliphatic rings. The summed E-state index contributed by atoms with van der Waals surface area (Å²) in [4.78, 5) is 0. The largest absolute Gasteiger partial charge is 0.454 e. The van der Waals surface area contributed by atoms with Crippen LogP contribution in [-0.2, 0) is 33.6 Å². The van der Waals surface area contributed by atoms with E-state index in [9.17, 15) is 0 Å². The van der Waals surface area contributed by atoms with Crippen LogP contribution >= 0.6 is 0 Å². The van der Waals surface area contributed by atoms with Gasteiger partial charge in [-0.3, -0.25) is 0 Å². The van der Waals surface area contributed by atoms with E-state index in [-0.39, 0.29) is 5.41 Å². The van der Waals surface area contributed by atoms with Gasteiger partial charge in [-0.1, -0.05) is 223 Å². The van der Waals surface area contributed by atoms with Crippen molar-refractivity contribution in [3.63, 3.8) is 0 Å². The van der Waals surface area contributed by atoms with Crippen molar-refractivity contribution in [2.75, 3.05) is 0 Å². The normalized spacial score (nSPS) is 13.6. The Bertz CT molecular complexity index is 7370. The second-order valence-electron chi connectivity index (χ2n) is 34.6. The topological polar surface area (TPSA) is 68.1 Å². The molecule has 2 aliphatic carbocycles. The molecular weight excluding hydrogens is 1430 g/mol. The summed E-state index contributed by atoms with van der Waals surface area (Å²) in [6.07, 6.45) is 21.3. The number of aryl methyl sites for hydroxylation is 10. The zero-order chi connectivity index (χ0) is 80.2. The van der Waals surface area contributed by atoms with Gasteiger partial charge in [-0.2, -0.15) is 0 Å². The molecule has 0 unspecified atom stereocenters. The van der Waals surface area contributed by atoms with Crippen LogP contribution in [0, 0.1) is 41.5 Å². The van der Waals surface area contributed by atoms with E-state index in [2.05, 4.69) is 370 Å². The molecule has 12 aromatic carbocycles. The molecule has 20 aromatic rings. The summed E-state index contributed by atoms with van der Waals surface area (Å²) in [5, 5.41) is 19.0. The van der Waals surface area contributed by atoms with Crippen molar-refractivity contribution in [3.05, 3.63) is 311 Å². The fourth-order valence-corrected chi connectivity index (χ4v) is 19.3. The monoisotopic (exact) mass is 1530 g/mol. The van der Waals surface area contributed by atoms with Gasteiger partial charge in [0.15, 0.2) is 24.8 Å². The van der Waals surface area contributed by atoms with Gasteiger partial charge in [-0.05, 0) is 176 Å². The molecule has 8 nitrogen and oxygen atoms in total. The number of furan rings is 4. The van der Waals surface area contributed by atoms with E-state index in [1.807, 2.05) is 0 Å². The predicted molar refractivity (Wildman–Crippen MR) is 486 cm³/mol. The lowest BCUT2D eigenvalue weighted by Crippen LogP contribution is -2.33. The van der Waals surface area contributed by atoms with E-state index >= 15 is 0 Å². The molecule has 0 atom stereocenters. The van der Waals surface area contributed by atoms with Crippen molar-refractivity contribution < 1.29 is 35.9 Å². The number of benzene rings is 12. The molecule has 22 rings (SSSR count). The first-order chi connectivity index (χ1) is 56.8. The van der Waals surface area contributed by atoms with Gasteiger partial charge in [0.25, 0.3) is 0 Å². The molecule has 117 heavy (non-hydrogen) atoms. The van der Waals surface area contributed by atoms with Gasteiger partial charge in [-0.15, -0.1) is 0 Å². The highest BCUT2D eigenvalue weighted by atomic mass is 16.3.